The Labute approximate surface area is 157 Å². The molecule has 1 aliphatic rings. The first-order chi connectivity index (χ1) is 12.6. The first kappa shape index (κ1) is 19.2. The summed E-state index contributed by atoms with van der Waals surface area (Å²) in [6, 6.07) is 1.16. The summed E-state index contributed by atoms with van der Waals surface area (Å²) in [5.74, 6) is -0.817. The first-order valence-electron chi connectivity index (χ1n) is 9.04. The van der Waals surface area contributed by atoms with Gasteiger partial charge in [0.05, 0.1) is 17.1 Å². The summed E-state index contributed by atoms with van der Waals surface area (Å²) in [7, 11) is 0. The van der Waals surface area contributed by atoms with Gasteiger partial charge in [-0.2, -0.15) is 0 Å². The van der Waals surface area contributed by atoms with Gasteiger partial charge in [0, 0.05) is 17.5 Å². The second-order valence-electron chi connectivity index (χ2n) is 7.67. The van der Waals surface area contributed by atoms with E-state index >= 15 is 0 Å². The lowest BCUT2D eigenvalue weighted by molar-refractivity contribution is 0.0923. The second-order valence-corrected chi connectivity index (χ2v) is 7.67. The topological polar surface area (TPSA) is 97.0 Å². The smallest absolute Gasteiger partial charge is 0.336 e. The summed E-state index contributed by atoms with van der Waals surface area (Å²) in [5, 5.41) is 21.6. The van der Waals surface area contributed by atoms with Crippen LogP contribution in [-0.2, 0) is 0 Å². The molecule has 6 heteroatoms. The number of Topliss-reactive ketones (excluding diaryl/α,β-unsaturated/α-hetero) is 1. The summed E-state index contributed by atoms with van der Waals surface area (Å²) < 4.78 is 11.4. The van der Waals surface area contributed by atoms with E-state index in [9.17, 15) is 19.8 Å². The van der Waals surface area contributed by atoms with Crippen molar-refractivity contribution in [3.05, 3.63) is 39.3 Å². The molecule has 1 aromatic heterocycles. The Hall–Kier alpha value is -2.60. The zero-order valence-electron chi connectivity index (χ0n) is 16.1. The van der Waals surface area contributed by atoms with Crippen LogP contribution in [0.2, 0.25) is 0 Å². The molecular weight excluding hydrogens is 348 g/mol. The van der Waals surface area contributed by atoms with E-state index in [-0.39, 0.29) is 45.3 Å². The van der Waals surface area contributed by atoms with Gasteiger partial charge in [-0.1, -0.05) is 20.8 Å². The Morgan fingerprint density at radius 1 is 1.30 bits per heavy atom. The number of aliphatic hydroxyl groups excluding tert-OH is 1. The summed E-state index contributed by atoms with van der Waals surface area (Å²) in [6.07, 6.45) is 2.87. The normalized spacial score (nSPS) is 16.3. The molecule has 0 radical (unpaired) electrons. The summed E-state index contributed by atoms with van der Waals surface area (Å²) in [6.45, 7) is 8.87. The van der Waals surface area contributed by atoms with Crippen LogP contribution >= 0.6 is 0 Å². The molecule has 1 atom stereocenters. The molecule has 0 bridgehead atoms. The van der Waals surface area contributed by atoms with E-state index in [2.05, 4.69) is 0 Å². The number of benzene rings is 1. The summed E-state index contributed by atoms with van der Waals surface area (Å²) in [4.78, 5) is 25.0. The molecule has 1 aliphatic heterocycles. The van der Waals surface area contributed by atoms with E-state index < -0.39 is 17.3 Å². The van der Waals surface area contributed by atoms with Crippen molar-refractivity contribution in [2.75, 3.05) is 0 Å². The highest BCUT2D eigenvalue weighted by Crippen LogP contribution is 2.47. The van der Waals surface area contributed by atoms with Crippen LogP contribution in [0.5, 0.6) is 11.5 Å². The molecule has 0 amide bonds. The molecule has 0 saturated carbocycles. The highest BCUT2D eigenvalue weighted by atomic mass is 16.5. The molecule has 1 unspecified atom stereocenters. The van der Waals surface area contributed by atoms with Crippen molar-refractivity contribution in [2.45, 2.75) is 52.7 Å². The van der Waals surface area contributed by atoms with Crippen LogP contribution in [0.15, 0.2) is 21.4 Å². The molecule has 144 valence electrons. The van der Waals surface area contributed by atoms with Crippen molar-refractivity contribution >= 4 is 22.8 Å². The Kier molecular flexibility index (Phi) is 4.64. The second kappa shape index (κ2) is 6.53. The Morgan fingerprint density at radius 2 is 1.96 bits per heavy atom. The van der Waals surface area contributed by atoms with Gasteiger partial charge in [0.15, 0.2) is 11.4 Å². The molecule has 0 aliphatic carbocycles. The SMILES string of the molecule is CCC(O)c1cc(=O)oc2c3c(c(C(=O)C(C)C)c(O)c12)OC(C)(C)C=C3. The summed E-state index contributed by atoms with van der Waals surface area (Å²) >= 11 is 0. The maximum atomic E-state index is 12.9. The Bertz CT molecular complexity index is 1010. The lowest BCUT2D eigenvalue weighted by Crippen LogP contribution is -2.29. The van der Waals surface area contributed by atoms with E-state index in [4.69, 9.17) is 9.15 Å². The largest absolute Gasteiger partial charge is 0.506 e. The lowest BCUT2D eigenvalue weighted by Gasteiger charge is -2.30. The van der Waals surface area contributed by atoms with E-state index in [1.165, 1.54) is 0 Å². The fourth-order valence-electron chi connectivity index (χ4n) is 3.25. The number of ether oxygens (including phenoxy) is 1. The molecule has 2 aromatic rings. The van der Waals surface area contributed by atoms with Gasteiger partial charge in [-0.25, -0.2) is 4.79 Å². The average Bonchev–Trinajstić information content (AvgIpc) is 2.59. The minimum atomic E-state index is -0.979. The number of rotatable bonds is 4. The third-order valence-corrected chi connectivity index (χ3v) is 4.71. The van der Waals surface area contributed by atoms with Crippen molar-refractivity contribution in [2.24, 2.45) is 5.92 Å². The number of ketones is 1. The van der Waals surface area contributed by atoms with E-state index in [0.29, 0.717) is 12.0 Å². The van der Waals surface area contributed by atoms with E-state index in [0.717, 1.165) is 6.07 Å². The average molecular weight is 372 g/mol. The minimum Gasteiger partial charge on any atom is -0.506 e. The number of carbonyl (C=O) groups excluding carboxylic acids is 1. The molecule has 2 heterocycles. The maximum absolute atomic E-state index is 12.9. The number of aromatic hydroxyl groups is 1. The van der Waals surface area contributed by atoms with Gasteiger partial charge in [-0.05, 0) is 32.4 Å². The standard InChI is InChI=1S/C21H24O6/c1-6-13(22)12-9-14(23)26-19-11-7-8-21(4,5)27-20(11)16(17(24)10(2)3)18(25)15(12)19/h7-10,13,22,25H,6H2,1-5H3. The highest BCUT2D eigenvalue weighted by molar-refractivity contribution is 6.11. The van der Waals surface area contributed by atoms with Gasteiger partial charge in [-0.15, -0.1) is 0 Å². The van der Waals surface area contributed by atoms with Gasteiger partial charge in [0.1, 0.15) is 22.7 Å². The van der Waals surface area contributed by atoms with Gasteiger partial charge in [-0.3, -0.25) is 4.79 Å². The number of phenolic OH excluding ortho intramolecular Hbond substituents is 1. The predicted molar refractivity (Wildman–Crippen MR) is 102 cm³/mol. The van der Waals surface area contributed by atoms with Crippen LogP contribution in [0, 0.1) is 5.92 Å². The minimum absolute atomic E-state index is 0.0447. The fourth-order valence-corrected chi connectivity index (χ4v) is 3.25. The highest BCUT2D eigenvalue weighted by Gasteiger charge is 2.34. The van der Waals surface area contributed by atoms with E-state index in [1.807, 2.05) is 13.8 Å². The third kappa shape index (κ3) is 3.14. The number of aliphatic hydroxyl groups is 1. The molecule has 1 aromatic carbocycles. The molecule has 0 fully saturated rings. The number of phenols is 1. The third-order valence-electron chi connectivity index (χ3n) is 4.71. The Morgan fingerprint density at radius 3 is 2.56 bits per heavy atom. The molecule has 6 nitrogen and oxygen atoms in total. The Balaban J connectivity index is 2.53. The molecule has 27 heavy (non-hydrogen) atoms. The number of carbonyl (C=O) groups is 1. The zero-order chi connectivity index (χ0) is 20.1. The first-order valence-corrected chi connectivity index (χ1v) is 9.04. The van der Waals surface area contributed by atoms with Crippen LogP contribution < -0.4 is 10.4 Å². The summed E-state index contributed by atoms with van der Waals surface area (Å²) in [5.41, 5.74) is -0.547. The zero-order valence-corrected chi connectivity index (χ0v) is 16.1. The van der Waals surface area contributed by atoms with Crippen LogP contribution in [0.1, 0.15) is 68.6 Å². The molecule has 2 N–H and O–H groups in total. The van der Waals surface area contributed by atoms with Crippen molar-refractivity contribution in [1.82, 2.24) is 0 Å². The van der Waals surface area contributed by atoms with Gasteiger partial charge < -0.3 is 19.4 Å². The lowest BCUT2D eigenvalue weighted by atomic mass is 9.89. The monoisotopic (exact) mass is 372 g/mol. The van der Waals surface area contributed by atoms with Crippen molar-refractivity contribution in [1.29, 1.82) is 0 Å². The quantitative estimate of drug-likeness (QED) is 0.623. The number of hydrogen-bond acceptors (Lipinski definition) is 6. The molecule has 0 spiro atoms. The maximum Gasteiger partial charge on any atom is 0.336 e. The van der Waals surface area contributed by atoms with Gasteiger partial charge in [0.25, 0.3) is 0 Å². The van der Waals surface area contributed by atoms with Crippen molar-refractivity contribution in [3.63, 3.8) is 0 Å². The van der Waals surface area contributed by atoms with E-state index in [1.54, 1.807) is 32.9 Å². The van der Waals surface area contributed by atoms with Crippen LogP contribution in [-0.4, -0.2) is 21.6 Å². The predicted octanol–water partition coefficient (Wildman–Crippen LogP) is 3.96. The van der Waals surface area contributed by atoms with Crippen LogP contribution in [0.25, 0.3) is 17.0 Å². The number of hydrogen-bond donors (Lipinski definition) is 2. The van der Waals surface area contributed by atoms with Crippen LogP contribution in [0.3, 0.4) is 0 Å². The van der Waals surface area contributed by atoms with Gasteiger partial charge >= 0.3 is 5.63 Å². The van der Waals surface area contributed by atoms with Crippen molar-refractivity contribution < 1.29 is 24.2 Å². The number of fused-ring (bicyclic) bond motifs is 3. The molecule has 0 saturated heterocycles. The van der Waals surface area contributed by atoms with Gasteiger partial charge in [0.2, 0.25) is 0 Å². The van der Waals surface area contributed by atoms with Crippen LogP contribution in [0.4, 0.5) is 0 Å². The molecular formula is C21H24O6. The van der Waals surface area contributed by atoms with Crippen molar-refractivity contribution in [3.8, 4) is 11.5 Å². The fraction of sp³-hybridized carbons (Fsp3) is 0.429. The molecule has 3 rings (SSSR count).